The molecule has 1 unspecified atom stereocenters. The maximum Gasteiger partial charge on any atom is 0.350 e. The quantitative estimate of drug-likeness (QED) is 0.750. The average Bonchev–Trinajstić information content (AvgIpc) is 2.16. The Morgan fingerprint density at radius 1 is 1.56 bits per heavy atom. The minimum atomic E-state index is -4.64. The van der Waals surface area contributed by atoms with Crippen LogP contribution in [0.1, 0.15) is 6.42 Å². The summed E-state index contributed by atoms with van der Waals surface area (Å²) >= 11 is 0. The maximum atomic E-state index is 12.2. The third-order valence-electron chi connectivity index (χ3n) is 2.09. The van der Waals surface area contributed by atoms with E-state index >= 15 is 0 Å². The summed E-state index contributed by atoms with van der Waals surface area (Å²) in [6, 6.07) is 0. The zero-order valence-corrected chi connectivity index (χ0v) is 8.99. The number of aliphatic carboxylic acids is 1. The molecular formula is C7H11F2NO5S. The van der Waals surface area contributed by atoms with Crippen molar-refractivity contribution in [1.82, 2.24) is 4.31 Å². The number of alkyl halides is 2. The summed E-state index contributed by atoms with van der Waals surface area (Å²) in [7, 11) is -4.64. The number of carboxylic acids is 1. The van der Waals surface area contributed by atoms with Gasteiger partial charge in [0.15, 0.2) is 0 Å². The summed E-state index contributed by atoms with van der Waals surface area (Å²) < 4.78 is 52.1. The van der Waals surface area contributed by atoms with Gasteiger partial charge in [-0.1, -0.05) is 0 Å². The van der Waals surface area contributed by atoms with Gasteiger partial charge in [-0.15, -0.1) is 0 Å². The Kier molecular flexibility index (Phi) is 4.16. The summed E-state index contributed by atoms with van der Waals surface area (Å²) in [4.78, 5) is 10.4. The minimum absolute atomic E-state index is 0.0795. The number of ether oxygens (including phenoxy) is 1. The number of carboxylic acid groups (broad SMARTS) is 1. The van der Waals surface area contributed by atoms with Crippen molar-refractivity contribution in [1.29, 1.82) is 0 Å². The molecule has 9 heteroatoms. The van der Waals surface area contributed by atoms with Gasteiger partial charge in [0.2, 0.25) is 0 Å². The molecular weight excluding hydrogens is 248 g/mol. The van der Waals surface area contributed by atoms with Gasteiger partial charge in [0, 0.05) is 13.1 Å². The zero-order valence-electron chi connectivity index (χ0n) is 8.17. The molecule has 0 saturated carbocycles. The van der Waals surface area contributed by atoms with Crippen LogP contribution in [0.2, 0.25) is 0 Å². The van der Waals surface area contributed by atoms with Crippen LogP contribution in [-0.4, -0.2) is 55.4 Å². The Balaban J connectivity index is 2.67. The lowest BCUT2D eigenvalue weighted by molar-refractivity contribution is -0.141. The van der Waals surface area contributed by atoms with Crippen molar-refractivity contribution >= 4 is 16.0 Å². The molecule has 16 heavy (non-hydrogen) atoms. The smallest absolute Gasteiger partial charge is 0.350 e. The molecule has 1 aliphatic heterocycles. The number of hydrogen-bond acceptors (Lipinski definition) is 4. The van der Waals surface area contributed by atoms with Gasteiger partial charge in [0.1, 0.15) is 0 Å². The van der Waals surface area contributed by atoms with Crippen LogP contribution >= 0.6 is 0 Å². The molecule has 1 N–H and O–H groups in total. The van der Waals surface area contributed by atoms with E-state index in [4.69, 9.17) is 9.84 Å². The summed E-state index contributed by atoms with van der Waals surface area (Å²) in [6.07, 6.45) is -1.28. The predicted octanol–water partition coefficient (Wildman–Crippen LogP) is -0.286. The molecule has 0 bridgehead atoms. The van der Waals surface area contributed by atoms with Gasteiger partial charge in [-0.05, 0) is 0 Å². The first-order valence-corrected chi connectivity index (χ1v) is 5.95. The summed E-state index contributed by atoms with van der Waals surface area (Å²) in [5.74, 6) is -4.66. The lowest BCUT2D eigenvalue weighted by Gasteiger charge is -2.30. The molecule has 1 fully saturated rings. The Morgan fingerprint density at radius 2 is 2.19 bits per heavy atom. The molecule has 0 aromatic rings. The zero-order chi connectivity index (χ0) is 12.3. The summed E-state index contributed by atoms with van der Waals surface area (Å²) in [5.41, 5.74) is 0. The molecule has 1 aliphatic rings. The van der Waals surface area contributed by atoms with Crippen molar-refractivity contribution < 1.29 is 31.8 Å². The Bertz CT molecular complexity index is 358. The first-order valence-electron chi connectivity index (χ1n) is 4.44. The van der Waals surface area contributed by atoms with E-state index in [0.29, 0.717) is 4.31 Å². The van der Waals surface area contributed by atoms with Crippen molar-refractivity contribution in [3.05, 3.63) is 0 Å². The van der Waals surface area contributed by atoms with Crippen LogP contribution in [0.25, 0.3) is 0 Å². The average molecular weight is 259 g/mol. The number of rotatable bonds is 4. The Hall–Kier alpha value is -0.800. The molecule has 1 saturated heterocycles. The first-order chi connectivity index (χ1) is 7.34. The SMILES string of the molecule is O=C(O)CC1CN(S(=O)(=O)C(F)F)CCO1. The van der Waals surface area contributed by atoms with Gasteiger partial charge in [-0.2, -0.15) is 13.1 Å². The van der Waals surface area contributed by atoms with Crippen LogP contribution in [0.3, 0.4) is 0 Å². The normalized spacial score (nSPS) is 23.6. The van der Waals surface area contributed by atoms with Gasteiger partial charge in [-0.3, -0.25) is 4.79 Å². The van der Waals surface area contributed by atoms with Crippen molar-refractivity contribution in [3.8, 4) is 0 Å². The van der Waals surface area contributed by atoms with E-state index in [-0.39, 0.29) is 19.7 Å². The van der Waals surface area contributed by atoms with Crippen molar-refractivity contribution in [2.24, 2.45) is 0 Å². The fraction of sp³-hybridized carbons (Fsp3) is 0.857. The molecule has 0 radical (unpaired) electrons. The molecule has 0 spiro atoms. The van der Waals surface area contributed by atoms with E-state index in [2.05, 4.69) is 0 Å². The van der Waals surface area contributed by atoms with E-state index in [1.807, 2.05) is 0 Å². The van der Waals surface area contributed by atoms with Gasteiger partial charge in [0.05, 0.1) is 19.1 Å². The van der Waals surface area contributed by atoms with Gasteiger partial charge in [-0.25, -0.2) is 8.42 Å². The number of carbonyl (C=O) groups is 1. The molecule has 1 heterocycles. The fourth-order valence-corrected chi connectivity index (χ4v) is 2.28. The highest BCUT2D eigenvalue weighted by atomic mass is 32.2. The number of halogens is 2. The Morgan fingerprint density at radius 3 is 2.69 bits per heavy atom. The van der Waals surface area contributed by atoms with Crippen LogP contribution in [0.15, 0.2) is 0 Å². The van der Waals surface area contributed by atoms with E-state index in [1.165, 1.54) is 0 Å². The van der Waals surface area contributed by atoms with Crippen LogP contribution in [-0.2, 0) is 19.6 Å². The molecule has 0 aromatic heterocycles. The summed E-state index contributed by atoms with van der Waals surface area (Å²) in [6.45, 7) is -0.605. The molecule has 0 aliphatic carbocycles. The van der Waals surface area contributed by atoms with Crippen LogP contribution in [0.5, 0.6) is 0 Å². The van der Waals surface area contributed by atoms with Gasteiger partial charge >= 0.3 is 11.7 Å². The number of morpholine rings is 1. The topological polar surface area (TPSA) is 83.9 Å². The fourth-order valence-electron chi connectivity index (χ4n) is 1.35. The minimum Gasteiger partial charge on any atom is -0.481 e. The van der Waals surface area contributed by atoms with E-state index in [9.17, 15) is 22.0 Å². The second-order valence-corrected chi connectivity index (χ2v) is 5.16. The molecule has 94 valence electrons. The van der Waals surface area contributed by atoms with Gasteiger partial charge < -0.3 is 9.84 Å². The number of sulfonamides is 1. The van der Waals surface area contributed by atoms with Crippen molar-refractivity contribution in [3.63, 3.8) is 0 Å². The lowest BCUT2D eigenvalue weighted by atomic mass is 10.2. The second-order valence-electron chi connectivity index (χ2n) is 3.25. The third kappa shape index (κ3) is 3.09. The van der Waals surface area contributed by atoms with Crippen LogP contribution in [0.4, 0.5) is 8.78 Å². The van der Waals surface area contributed by atoms with E-state index < -0.39 is 34.3 Å². The summed E-state index contributed by atoms with van der Waals surface area (Å²) in [5, 5.41) is 8.47. The molecule has 1 atom stereocenters. The lowest BCUT2D eigenvalue weighted by Crippen LogP contribution is -2.47. The highest BCUT2D eigenvalue weighted by Crippen LogP contribution is 2.17. The van der Waals surface area contributed by atoms with Crippen molar-refractivity contribution in [2.45, 2.75) is 18.3 Å². The van der Waals surface area contributed by atoms with Crippen LogP contribution < -0.4 is 0 Å². The highest BCUT2D eigenvalue weighted by Gasteiger charge is 2.36. The maximum absolute atomic E-state index is 12.2. The highest BCUT2D eigenvalue weighted by molar-refractivity contribution is 7.89. The molecule has 1 rings (SSSR count). The van der Waals surface area contributed by atoms with E-state index in [0.717, 1.165) is 0 Å². The van der Waals surface area contributed by atoms with Crippen molar-refractivity contribution in [2.75, 3.05) is 19.7 Å². The molecule has 0 amide bonds. The number of hydrogen-bond donors (Lipinski definition) is 1. The standard InChI is InChI=1S/C7H11F2NO5S/c8-7(9)16(13,14)10-1-2-15-5(4-10)3-6(11)12/h5,7H,1-4H2,(H,11,12). The third-order valence-corrected chi connectivity index (χ3v) is 3.59. The first kappa shape index (κ1) is 13.3. The number of nitrogens with zero attached hydrogens (tertiary/aromatic N) is 1. The molecule has 6 nitrogen and oxygen atoms in total. The molecule has 0 aromatic carbocycles. The Labute approximate surface area is 90.8 Å². The van der Waals surface area contributed by atoms with Gasteiger partial charge in [0.25, 0.3) is 10.0 Å². The van der Waals surface area contributed by atoms with Crippen LogP contribution in [0, 0.1) is 0 Å². The largest absolute Gasteiger partial charge is 0.481 e. The predicted molar refractivity (Wildman–Crippen MR) is 48.5 cm³/mol. The monoisotopic (exact) mass is 259 g/mol. The van der Waals surface area contributed by atoms with E-state index in [1.54, 1.807) is 0 Å². The second kappa shape index (κ2) is 5.02.